The van der Waals surface area contributed by atoms with Gasteiger partial charge in [0.25, 0.3) is 0 Å². The number of aliphatic carboxylic acids is 1. The molecule has 110 valence electrons. The summed E-state index contributed by atoms with van der Waals surface area (Å²) in [6.07, 6.45) is 4.11. The maximum absolute atomic E-state index is 10.7. The normalized spacial score (nSPS) is 12.5. The SMILES string of the molecule is COC(CCC=C(C)C(=O)O)(OC)c1cc(Cl)ccn1. The highest BCUT2D eigenvalue weighted by atomic mass is 35.5. The Morgan fingerprint density at radius 1 is 1.50 bits per heavy atom. The van der Waals surface area contributed by atoms with Crippen LogP contribution in [0.3, 0.4) is 0 Å². The first-order chi connectivity index (χ1) is 9.45. The number of aromatic nitrogens is 1. The fraction of sp³-hybridized carbons (Fsp3) is 0.429. The molecule has 0 aliphatic rings. The summed E-state index contributed by atoms with van der Waals surface area (Å²) >= 11 is 5.95. The number of carboxylic acids is 1. The summed E-state index contributed by atoms with van der Waals surface area (Å²) < 4.78 is 10.9. The molecule has 0 aliphatic carbocycles. The van der Waals surface area contributed by atoms with Crippen molar-refractivity contribution in [2.45, 2.75) is 25.6 Å². The van der Waals surface area contributed by atoms with E-state index in [4.69, 9.17) is 26.2 Å². The quantitative estimate of drug-likeness (QED) is 0.619. The highest BCUT2D eigenvalue weighted by Crippen LogP contribution is 2.31. The Morgan fingerprint density at radius 2 is 2.15 bits per heavy atom. The molecule has 0 radical (unpaired) electrons. The number of hydrogen-bond donors (Lipinski definition) is 1. The third kappa shape index (κ3) is 4.03. The summed E-state index contributed by atoms with van der Waals surface area (Å²) in [5.74, 6) is -1.98. The molecule has 20 heavy (non-hydrogen) atoms. The number of methoxy groups -OCH3 is 2. The minimum atomic E-state index is -1.04. The van der Waals surface area contributed by atoms with Gasteiger partial charge in [-0.2, -0.15) is 0 Å². The maximum Gasteiger partial charge on any atom is 0.330 e. The zero-order valence-corrected chi connectivity index (χ0v) is 12.5. The fourth-order valence-electron chi connectivity index (χ4n) is 1.80. The molecule has 0 unspecified atom stereocenters. The molecule has 0 amide bonds. The molecule has 0 saturated heterocycles. The van der Waals surface area contributed by atoms with E-state index in [0.29, 0.717) is 23.6 Å². The molecular weight excluding hydrogens is 282 g/mol. The number of carbonyl (C=O) groups is 1. The molecule has 0 aromatic carbocycles. The molecule has 1 rings (SSSR count). The number of halogens is 1. The van der Waals surface area contributed by atoms with Gasteiger partial charge in [0.1, 0.15) is 5.69 Å². The number of pyridine rings is 1. The second kappa shape index (κ2) is 7.38. The molecule has 6 heteroatoms. The van der Waals surface area contributed by atoms with E-state index in [9.17, 15) is 4.79 Å². The zero-order chi connectivity index (χ0) is 15.2. The molecule has 0 aliphatic heterocycles. The van der Waals surface area contributed by atoms with Gasteiger partial charge < -0.3 is 14.6 Å². The molecule has 0 fully saturated rings. The summed E-state index contributed by atoms with van der Waals surface area (Å²) in [6.45, 7) is 1.54. The van der Waals surface area contributed by atoms with Gasteiger partial charge in [-0.15, -0.1) is 0 Å². The molecule has 0 saturated carbocycles. The molecule has 0 atom stereocenters. The van der Waals surface area contributed by atoms with Crippen LogP contribution < -0.4 is 0 Å². The molecule has 1 aromatic rings. The first kappa shape index (κ1) is 16.6. The lowest BCUT2D eigenvalue weighted by molar-refractivity contribution is -0.222. The van der Waals surface area contributed by atoms with E-state index in [-0.39, 0.29) is 5.57 Å². The van der Waals surface area contributed by atoms with Gasteiger partial charge in [0.15, 0.2) is 0 Å². The van der Waals surface area contributed by atoms with E-state index in [1.807, 2.05) is 0 Å². The van der Waals surface area contributed by atoms with Crippen molar-refractivity contribution < 1.29 is 19.4 Å². The third-order valence-corrected chi connectivity index (χ3v) is 3.27. The third-order valence-electron chi connectivity index (χ3n) is 3.03. The van der Waals surface area contributed by atoms with Crippen molar-refractivity contribution in [1.29, 1.82) is 0 Å². The number of nitrogens with zero attached hydrogens (tertiary/aromatic N) is 1. The first-order valence-corrected chi connectivity index (χ1v) is 6.45. The average molecular weight is 300 g/mol. The molecule has 1 aromatic heterocycles. The lowest BCUT2D eigenvalue weighted by Gasteiger charge is -2.30. The zero-order valence-electron chi connectivity index (χ0n) is 11.7. The topological polar surface area (TPSA) is 68.7 Å². The number of rotatable bonds is 7. The van der Waals surface area contributed by atoms with Crippen LogP contribution in [0.2, 0.25) is 5.02 Å². The van der Waals surface area contributed by atoms with Gasteiger partial charge in [0.05, 0.1) is 0 Å². The first-order valence-electron chi connectivity index (χ1n) is 6.07. The van der Waals surface area contributed by atoms with Crippen LogP contribution in [0.15, 0.2) is 30.0 Å². The van der Waals surface area contributed by atoms with E-state index in [1.165, 1.54) is 14.2 Å². The van der Waals surface area contributed by atoms with Crippen molar-refractivity contribution in [2.24, 2.45) is 0 Å². The summed E-state index contributed by atoms with van der Waals surface area (Å²) in [5, 5.41) is 9.35. The Bertz CT molecular complexity index is 498. The second-order valence-corrected chi connectivity index (χ2v) is 4.69. The minimum Gasteiger partial charge on any atom is -0.478 e. The number of hydrogen-bond acceptors (Lipinski definition) is 4. The molecular formula is C14H18ClNO4. The standard InChI is InChI=1S/C14H18ClNO4/c1-10(13(17)18)5-4-7-14(19-2,20-3)12-9-11(15)6-8-16-12/h5-6,8-9H,4,7H2,1-3H3,(H,17,18). The Morgan fingerprint density at radius 3 is 2.65 bits per heavy atom. The molecule has 5 nitrogen and oxygen atoms in total. The van der Waals surface area contributed by atoms with Crippen molar-refractivity contribution >= 4 is 17.6 Å². The van der Waals surface area contributed by atoms with Crippen LogP contribution in [-0.2, 0) is 20.1 Å². The predicted octanol–water partition coefficient (Wildman–Crippen LogP) is 2.99. The van der Waals surface area contributed by atoms with E-state index >= 15 is 0 Å². The Balaban J connectivity index is 2.93. The largest absolute Gasteiger partial charge is 0.478 e. The van der Waals surface area contributed by atoms with Crippen LogP contribution in [0.4, 0.5) is 0 Å². The van der Waals surface area contributed by atoms with Gasteiger partial charge in [0, 0.05) is 37.4 Å². The van der Waals surface area contributed by atoms with Gasteiger partial charge >= 0.3 is 5.97 Å². The van der Waals surface area contributed by atoms with Crippen LogP contribution in [0.25, 0.3) is 0 Å². The average Bonchev–Trinajstić information content (AvgIpc) is 2.43. The van der Waals surface area contributed by atoms with Crippen molar-refractivity contribution in [3.8, 4) is 0 Å². The van der Waals surface area contributed by atoms with Crippen LogP contribution in [0.5, 0.6) is 0 Å². The van der Waals surface area contributed by atoms with Gasteiger partial charge in [-0.25, -0.2) is 4.79 Å². The fourth-order valence-corrected chi connectivity index (χ4v) is 1.96. The van der Waals surface area contributed by atoms with E-state index in [0.717, 1.165) is 0 Å². The lowest BCUT2D eigenvalue weighted by atomic mass is 10.0. The van der Waals surface area contributed by atoms with Crippen molar-refractivity contribution in [1.82, 2.24) is 4.98 Å². The lowest BCUT2D eigenvalue weighted by Crippen LogP contribution is -2.31. The minimum absolute atomic E-state index is 0.283. The van der Waals surface area contributed by atoms with Crippen LogP contribution in [0, 0.1) is 0 Å². The number of carboxylic acid groups (broad SMARTS) is 1. The molecule has 1 N–H and O–H groups in total. The smallest absolute Gasteiger partial charge is 0.330 e. The number of ether oxygens (including phenoxy) is 2. The molecule has 0 spiro atoms. The van der Waals surface area contributed by atoms with Gasteiger partial charge in [-0.3, -0.25) is 4.98 Å². The Kier molecular flexibility index (Phi) is 6.13. The van der Waals surface area contributed by atoms with Gasteiger partial charge in [-0.1, -0.05) is 17.7 Å². The monoisotopic (exact) mass is 299 g/mol. The van der Waals surface area contributed by atoms with Crippen LogP contribution in [0.1, 0.15) is 25.5 Å². The highest BCUT2D eigenvalue weighted by Gasteiger charge is 2.33. The Hall–Kier alpha value is -1.43. The molecule has 1 heterocycles. The summed E-state index contributed by atoms with van der Waals surface area (Å²) in [7, 11) is 3.03. The van der Waals surface area contributed by atoms with Crippen molar-refractivity contribution in [3.63, 3.8) is 0 Å². The maximum atomic E-state index is 10.7. The van der Waals surface area contributed by atoms with Crippen molar-refractivity contribution in [2.75, 3.05) is 14.2 Å². The van der Waals surface area contributed by atoms with E-state index in [2.05, 4.69) is 4.98 Å². The second-order valence-electron chi connectivity index (χ2n) is 4.25. The van der Waals surface area contributed by atoms with Crippen LogP contribution in [-0.4, -0.2) is 30.3 Å². The Labute approximate surface area is 123 Å². The van der Waals surface area contributed by atoms with Gasteiger partial charge in [0.2, 0.25) is 5.79 Å². The van der Waals surface area contributed by atoms with E-state index in [1.54, 1.807) is 31.3 Å². The predicted molar refractivity (Wildman–Crippen MR) is 75.6 cm³/mol. The van der Waals surface area contributed by atoms with Crippen LogP contribution >= 0.6 is 11.6 Å². The highest BCUT2D eigenvalue weighted by molar-refractivity contribution is 6.30. The summed E-state index contributed by atoms with van der Waals surface area (Å²) in [5.41, 5.74) is 0.835. The van der Waals surface area contributed by atoms with E-state index < -0.39 is 11.8 Å². The van der Waals surface area contributed by atoms with Crippen molar-refractivity contribution in [3.05, 3.63) is 40.7 Å². The molecule has 0 bridgehead atoms. The van der Waals surface area contributed by atoms with Gasteiger partial charge in [-0.05, 0) is 25.5 Å². The summed E-state index contributed by atoms with van der Waals surface area (Å²) in [4.78, 5) is 15.0. The number of allylic oxidation sites excluding steroid dienone is 1. The summed E-state index contributed by atoms with van der Waals surface area (Å²) in [6, 6.07) is 3.33.